The zero-order valence-electron chi connectivity index (χ0n) is 14.7. The fourth-order valence-corrected chi connectivity index (χ4v) is 4.39. The van der Waals surface area contributed by atoms with Crippen LogP contribution in [0, 0.1) is 10.1 Å². The second kappa shape index (κ2) is 8.05. The Morgan fingerprint density at radius 3 is 2.79 bits per heavy atom. The Balaban J connectivity index is 1.54. The van der Waals surface area contributed by atoms with Crippen molar-refractivity contribution in [1.82, 2.24) is 4.98 Å². The maximum Gasteiger partial charge on any atom is 0.293 e. The smallest absolute Gasteiger partial charge is 0.293 e. The van der Waals surface area contributed by atoms with Gasteiger partial charge in [-0.3, -0.25) is 20.2 Å². The summed E-state index contributed by atoms with van der Waals surface area (Å²) in [5, 5.41) is 18.5. The van der Waals surface area contributed by atoms with Crippen LogP contribution < -0.4 is 10.2 Å². The summed E-state index contributed by atoms with van der Waals surface area (Å²) in [6.45, 7) is 2.21. The number of ether oxygens (including phenoxy) is 1. The molecule has 1 aromatic carbocycles. The van der Waals surface area contributed by atoms with Gasteiger partial charge in [-0.15, -0.1) is 22.7 Å². The summed E-state index contributed by atoms with van der Waals surface area (Å²) in [7, 11) is 0. The highest BCUT2D eigenvalue weighted by Crippen LogP contribution is 2.31. The summed E-state index contributed by atoms with van der Waals surface area (Å²) in [4.78, 5) is 31.0. The SMILES string of the molecule is O=C(Nc1nc(-c2cccs2)cs1)c1ccc(N2CCOCC2)c([N+](=O)[O-])c1. The van der Waals surface area contributed by atoms with Gasteiger partial charge in [0.25, 0.3) is 11.6 Å². The minimum absolute atomic E-state index is 0.0898. The summed E-state index contributed by atoms with van der Waals surface area (Å²) in [6, 6.07) is 8.43. The maximum atomic E-state index is 12.6. The van der Waals surface area contributed by atoms with Crippen molar-refractivity contribution in [2.75, 3.05) is 36.5 Å². The van der Waals surface area contributed by atoms with Crippen molar-refractivity contribution in [2.24, 2.45) is 0 Å². The van der Waals surface area contributed by atoms with E-state index in [1.807, 2.05) is 27.8 Å². The third-order valence-corrected chi connectivity index (χ3v) is 5.93. The molecule has 1 amide bonds. The van der Waals surface area contributed by atoms with E-state index < -0.39 is 10.8 Å². The van der Waals surface area contributed by atoms with Gasteiger partial charge >= 0.3 is 0 Å². The monoisotopic (exact) mass is 416 g/mol. The molecule has 4 rings (SSSR count). The number of hydrogen-bond donors (Lipinski definition) is 1. The lowest BCUT2D eigenvalue weighted by atomic mass is 10.1. The van der Waals surface area contributed by atoms with Crippen LogP contribution in [-0.4, -0.2) is 42.1 Å². The van der Waals surface area contributed by atoms with E-state index in [-0.39, 0.29) is 11.3 Å². The Morgan fingerprint density at radius 2 is 2.07 bits per heavy atom. The number of hydrogen-bond acceptors (Lipinski definition) is 8. The van der Waals surface area contributed by atoms with Gasteiger partial charge in [0.15, 0.2) is 5.13 Å². The van der Waals surface area contributed by atoms with Gasteiger partial charge in [0.05, 0.1) is 28.7 Å². The maximum absolute atomic E-state index is 12.6. The van der Waals surface area contributed by atoms with Crippen LogP contribution in [-0.2, 0) is 4.74 Å². The second-order valence-corrected chi connectivity index (χ2v) is 7.84. The van der Waals surface area contributed by atoms with E-state index in [2.05, 4.69) is 10.3 Å². The molecule has 3 heterocycles. The Kier molecular flexibility index (Phi) is 5.33. The number of thiazole rings is 1. The molecule has 0 radical (unpaired) electrons. The van der Waals surface area contributed by atoms with Gasteiger partial charge in [-0.1, -0.05) is 6.07 Å². The molecule has 0 unspecified atom stereocenters. The van der Waals surface area contributed by atoms with E-state index in [0.717, 1.165) is 10.6 Å². The van der Waals surface area contributed by atoms with Gasteiger partial charge in [0.2, 0.25) is 0 Å². The van der Waals surface area contributed by atoms with E-state index in [9.17, 15) is 14.9 Å². The van der Waals surface area contributed by atoms with Crippen LogP contribution in [0.1, 0.15) is 10.4 Å². The number of aromatic nitrogens is 1. The number of thiophene rings is 1. The molecule has 3 aromatic rings. The molecule has 0 saturated carbocycles. The largest absolute Gasteiger partial charge is 0.378 e. The molecule has 10 heteroatoms. The third-order valence-electron chi connectivity index (χ3n) is 4.28. The first-order valence-electron chi connectivity index (χ1n) is 8.54. The van der Waals surface area contributed by atoms with E-state index >= 15 is 0 Å². The van der Waals surface area contributed by atoms with Crippen LogP contribution in [0.4, 0.5) is 16.5 Å². The van der Waals surface area contributed by atoms with Crippen molar-refractivity contribution in [3.05, 3.63) is 56.8 Å². The minimum atomic E-state index is -0.458. The van der Waals surface area contributed by atoms with Crippen molar-refractivity contribution >= 4 is 45.1 Å². The zero-order chi connectivity index (χ0) is 19.5. The van der Waals surface area contributed by atoms with Crippen LogP contribution in [0.2, 0.25) is 0 Å². The fraction of sp³-hybridized carbons (Fsp3) is 0.222. The van der Waals surface area contributed by atoms with Gasteiger partial charge < -0.3 is 9.64 Å². The second-order valence-electron chi connectivity index (χ2n) is 6.03. The highest BCUT2D eigenvalue weighted by Gasteiger charge is 2.23. The van der Waals surface area contributed by atoms with Crippen LogP contribution in [0.15, 0.2) is 41.1 Å². The first-order valence-corrected chi connectivity index (χ1v) is 10.3. The number of anilines is 2. The molecular weight excluding hydrogens is 400 g/mol. The number of carbonyl (C=O) groups is 1. The van der Waals surface area contributed by atoms with Crippen LogP contribution in [0.3, 0.4) is 0 Å². The summed E-state index contributed by atoms with van der Waals surface area (Å²) < 4.78 is 5.30. The number of carbonyl (C=O) groups excluding carboxylic acids is 1. The topological polar surface area (TPSA) is 97.6 Å². The molecule has 144 valence electrons. The van der Waals surface area contributed by atoms with E-state index in [4.69, 9.17) is 4.74 Å². The Hall–Kier alpha value is -2.82. The van der Waals surface area contributed by atoms with Crippen LogP contribution in [0.5, 0.6) is 0 Å². The zero-order valence-corrected chi connectivity index (χ0v) is 16.3. The van der Waals surface area contributed by atoms with Gasteiger partial charge in [0, 0.05) is 30.1 Å². The number of nitrogens with zero attached hydrogens (tertiary/aromatic N) is 3. The normalized spacial score (nSPS) is 14.1. The minimum Gasteiger partial charge on any atom is -0.378 e. The number of amides is 1. The van der Waals surface area contributed by atoms with Crippen LogP contribution in [0.25, 0.3) is 10.6 Å². The lowest BCUT2D eigenvalue weighted by molar-refractivity contribution is -0.384. The molecule has 0 bridgehead atoms. The van der Waals surface area contributed by atoms with E-state index in [1.54, 1.807) is 23.5 Å². The van der Waals surface area contributed by atoms with Crippen molar-refractivity contribution < 1.29 is 14.5 Å². The lowest BCUT2D eigenvalue weighted by Crippen LogP contribution is -2.36. The highest BCUT2D eigenvalue weighted by atomic mass is 32.1. The number of morpholine rings is 1. The molecule has 0 aliphatic carbocycles. The summed E-state index contributed by atoms with van der Waals surface area (Å²) in [5.74, 6) is -0.427. The van der Waals surface area contributed by atoms with Crippen molar-refractivity contribution in [3.63, 3.8) is 0 Å². The number of nitrogens with one attached hydrogen (secondary N) is 1. The van der Waals surface area contributed by atoms with Gasteiger partial charge in [-0.05, 0) is 23.6 Å². The summed E-state index contributed by atoms with van der Waals surface area (Å²) >= 11 is 2.88. The molecule has 2 aromatic heterocycles. The molecule has 0 atom stereocenters. The van der Waals surface area contributed by atoms with Crippen molar-refractivity contribution in [1.29, 1.82) is 0 Å². The number of rotatable bonds is 5. The van der Waals surface area contributed by atoms with Gasteiger partial charge in [-0.25, -0.2) is 4.98 Å². The lowest BCUT2D eigenvalue weighted by Gasteiger charge is -2.28. The molecule has 1 N–H and O–H groups in total. The average molecular weight is 416 g/mol. The average Bonchev–Trinajstić information content (AvgIpc) is 3.40. The Labute approximate surface area is 168 Å². The molecule has 1 aliphatic heterocycles. The molecule has 1 saturated heterocycles. The Bertz CT molecular complexity index is 997. The number of nitro benzene ring substituents is 1. The summed E-state index contributed by atoms with van der Waals surface area (Å²) in [6.07, 6.45) is 0. The molecule has 8 nitrogen and oxygen atoms in total. The number of nitro groups is 1. The van der Waals surface area contributed by atoms with Crippen LogP contribution >= 0.6 is 22.7 Å². The standard InChI is InChI=1S/C18H16N4O4S2/c23-17(20-18-19-13(11-28-18)16-2-1-9-27-16)12-3-4-14(15(10-12)22(24)25)21-5-7-26-8-6-21/h1-4,9-11H,5-8H2,(H,19,20,23). The predicted octanol–water partition coefficient (Wildman–Crippen LogP) is 3.87. The van der Waals surface area contributed by atoms with Gasteiger partial charge in [0.1, 0.15) is 5.69 Å². The first kappa shape index (κ1) is 18.5. The molecule has 1 fully saturated rings. The highest BCUT2D eigenvalue weighted by molar-refractivity contribution is 7.16. The Morgan fingerprint density at radius 1 is 1.25 bits per heavy atom. The predicted molar refractivity (Wildman–Crippen MR) is 110 cm³/mol. The van der Waals surface area contributed by atoms with Gasteiger partial charge in [-0.2, -0.15) is 0 Å². The quantitative estimate of drug-likeness (QED) is 0.501. The van der Waals surface area contributed by atoms with Crippen molar-refractivity contribution in [3.8, 4) is 10.6 Å². The summed E-state index contributed by atoms with van der Waals surface area (Å²) in [5.41, 5.74) is 1.42. The van der Waals surface area contributed by atoms with E-state index in [0.29, 0.717) is 37.1 Å². The first-order chi connectivity index (χ1) is 13.6. The van der Waals surface area contributed by atoms with E-state index in [1.165, 1.54) is 17.4 Å². The molecule has 28 heavy (non-hydrogen) atoms. The van der Waals surface area contributed by atoms with Crippen molar-refractivity contribution in [2.45, 2.75) is 0 Å². The molecule has 1 aliphatic rings. The molecular formula is C18H16N4O4S2. The molecule has 0 spiro atoms. The third kappa shape index (κ3) is 3.88. The number of benzene rings is 1. The fourth-order valence-electron chi connectivity index (χ4n) is 2.92.